The lowest BCUT2D eigenvalue weighted by Crippen LogP contribution is -1.98. The predicted octanol–water partition coefficient (Wildman–Crippen LogP) is 2.19. The fourth-order valence-corrected chi connectivity index (χ4v) is 1.94. The molecule has 4 nitrogen and oxygen atoms in total. The lowest BCUT2D eigenvalue weighted by molar-refractivity contribution is 0.681. The molecule has 0 spiro atoms. The van der Waals surface area contributed by atoms with Gasteiger partial charge in [0.05, 0.1) is 10.9 Å². The van der Waals surface area contributed by atoms with Crippen molar-refractivity contribution in [2.24, 2.45) is 0 Å². The molecular formula is C12H12N4. The van der Waals surface area contributed by atoms with E-state index in [9.17, 15) is 0 Å². The van der Waals surface area contributed by atoms with Crippen molar-refractivity contribution in [3.8, 4) is 0 Å². The molecule has 0 radical (unpaired) electrons. The molecule has 0 aliphatic rings. The molecule has 2 heterocycles. The second kappa shape index (κ2) is 3.20. The van der Waals surface area contributed by atoms with Crippen LogP contribution in [0, 0.1) is 0 Å². The van der Waals surface area contributed by atoms with Gasteiger partial charge < -0.3 is 5.73 Å². The maximum Gasteiger partial charge on any atom is 0.160 e. The number of para-hydroxylation sites is 1. The third-order valence-electron chi connectivity index (χ3n) is 2.75. The van der Waals surface area contributed by atoms with Crippen LogP contribution in [0.4, 0.5) is 5.82 Å². The third kappa shape index (κ3) is 1.16. The number of anilines is 1. The molecule has 80 valence electrons. The zero-order valence-electron chi connectivity index (χ0n) is 9.01. The number of fused-ring (bicyclic) bond motifs is 2. The second-order valence-corrected chi connectivity index (χ2v) is 3.75. The molecule has 0 aliphatic carbocycles. The number of hydrogen-bond donors (Lipinski definition) is 1. The monoisotopic (exact) mass is 212 g/mol. The molecule has 16 heavy (non-hydrogen) atoms. The number of rotatable bonds is 1. The van der Waals surface area contributed by atoms with E-state index in [4.69, 9.17) is 5.73 Å². The summed E-state index contributed by atoms with van der Waals surface area (Å²) in [6, 6.07) is 10.1. The molecule has 2 N–H and O–H groups in total. The molecule has 4 heteroatoms. The normalized spacial score (nSPS) is 11.3. The molecule has 0 aliphatic heterocycles. The Labute approximate surface area is 92.7 Å². The van der Waals surface area contributed by atoms with Gasteiger partial charge in [-0.25, -0.2) is 9.67 Å². The van der Waals surface area contributed by atoms with Gasteiger partial charge in [-0.3, -0.25) is 0 Å². The molecular weight excluding hydrogens is 200 g/mol. The highest BCUT2D eigenvalue weighted by Crippen LogP contribution is 2.23. The number of aryl methyl sites for hydroxylation is 1. The Balaban J connectivity index is 2.48. The van der Waals surface area contributed by atoms with Gasteiger partial charge in [0.15, 0.2) is 11.5 Å². The lowest BCUT2D eigenvalue weighted by atomic mass is 10.2. The van der Waals surface area contributed by atoms with Crippen LogP contribution in [0.5, 0.6) is 0 Å². The third-order valence-corrected chi connectivity index (χ3v) is 2.75. The Hall–Kier alpha value is -2.10. The highest BCUT2D eigenvalue weighted by molar-refractivity contribution is 5.96. The van der Waals surface area contributed by atoms with Crippen LogP contribution >= 0.6 is 0 Å². The van der Waals surface area contributed by atoms with Crippen LogP contribution in [0.25, 0.3) is 21.9 Å². The zero-order valence-corrected chi connectivity index (χ0v) is 9.01. The largest absolute Gasteiger partial charge is 0.382 e. The van der Waals surface area contributed by atoms with Crippen molar-refractivity contribution in [2.45, 2.75) is 13.5 Å². The van der Waals surface area contributed by atoms with E-state index < -0.39 is 0 Å². The van der Waals surface area contributed by atoms with Gasteiger partial charge in [0.2, 0.25) is 0 Å². The van der Waals surface area contributed by atoms with Gasteiger partial charge in [0.25, 0.3) is 0 Å². The highest BCUT2D eigenvalue weighted by atomic mass is 15.3. The van der Waals surface area contributed by atoms with E-state index in [0.29, 0.717) is 5.82 Å². The molecule has 3 rings (SSSR count). The van der Waals surface area contributed by atoms with Gasteiger partial charge >= 0.3 is 0 Å². The van der Waals surface area contributed by atoms with Crippen molar-refractivity contribution in [2.75, 3.05) is 5.73 Å². The minimum absolute atomic E-state index is 0.551. The fourth-order valence-electron chi connectivity index (χ4n) is 1.94. The molecule has 0 unspecified atom stereocenters. The van der Waals surface area contributed by atoms with Crippen LogP contribution < -0.4 is 5.73 Å². The summed E-state index contributed by atoms with van der Waals surface area (Å²) >= 11 is 0. The fraction of sp³-hybridized carbons (Fsp3) is 0.167. The van der Waals surface area contributed by atoms with Gasteiger partial charge in [-0.05, 0) is 19.1 Å². The Morgan fingerprint density at radius 2 is 2.12 bits per heavy atom. The van der Waals surface area contributed by atoms with E-state index >= 15 is 0 Å². The van der Waals surface area contributed by atoms with Gasteiger partial charge in [-0.15, -0.1) is 0 Å². The van der Waals surface area contributed by atoms with E-state index in [2.05, 4.69) is 10.1 Å². The molecule has 1 aromatic carbocycles. The number of aromatic nitrogens is 3. The number of benzene rings is 1. The van der Waals surface area contributed by atoms with Crippen molar-refractivity contribution in [3.05, 3.63) is 30.3 Å². The molecule has 0 atom stereocenters. The summed E-state index contributed by atoms with van der Waals surface area (Å²) in [4.78, 5) is 4.59. The summed E-state index contributed by atoms with van der Waals surface area (Å²) < 4.78 is 1.83. The summed E-state index contributed by atoms with van der Waals surface area (Å²) in [6.07, 6.45) is 0. The SMILES string of the molecule is CCn1nc(N)c2cc3ccccc3nc21. The standard InChI is InChI=1S/C12H12N4/c1-2-16-12-9(11(13)15-16)7-8-5-3-4-6-10(8)14-12/h3-7H,2H2,1H3,(H2,13,15). The summed E-state index contributed by atoms with van der Waals surface area (Å²) in [5.41, 5.74) is 7.71. The Bertz CT molecular complexity index is 669. The maximum absolute atomic E-state index is 5.87. The lowest BCUT2D eigenvalue weighted by Gasteiger charge is -1.99. The van der Waals surface area contributed by atoms with Crippen molar-refractivity contribution in [1.82, 2.24) is 14.8 Å². The van der Waals surface area contributed by atoms with Crippen molar-refractivity contribution in [1.29, 1.82) is 0 Å². The van der Waals surface area contributed by atoms with Crippen LogP contribution in [0.1, 0.15) is 6.92 Å². The van der Waals surface area contributed by atoms with Crippen molar-refractivity contribution >= 4 is 27.8 Å². The minimum Gasteiger partial charge on any atom is -0.382 e. The van der Waals surface area contributed by atoms with Gasteiger partial charge in [-0.2, -0.15) is 5.10 Å². The Kier molecular flexibility index (Phi) is 1.83. The van der Waals surface area contributed by atoms with E-state index in [1.807, 2.05) is 41.9 Å². The topological polar surface area (TPSA) is 56.7 Å². The molecule has 0 fully saturated rings. The first-order valence-corrected chi connectivity index (χ1v) is 5.31. The molecule has 2 aromatic heterocycles. The first-order chi connectivity index (χ1) is 7.79. The second-order valence-electron chi connectivity index (χ2n) is 3.75. The number of pyridine rings is 1. The van der Waals surface area contributed by atoms with E-state index in [1.165, 1.54) is 0 Å². The summed E-state index contributed by atoms with van der Waals surface area (Å²) in [7, 11) is 0. The van der Waals surface area contributed by atoms with E-state index in [0.717, 1.165) is 28.5 Å². The smallest absolute Gasteiger partial charge is 0.160 e. The Morgan fingerprint density at radius 1 is 1.31 bits per heavy atom. The summed E-state index contributed by atoms with van der Waals surface area (Å²) in [6.45, 7) is 2.81. The predicted molar refractivity (Wildman–Crippen MR) is 65.1 cm³/mol. The number of nitrogens with two attached hydrogens (primary N) is 1. The molecule has 0 saturated heterocycles. The van der Waals surface area contributed by atoms with Gasteiger partial charge in [0.1, 0.15) is 0 Å². The van der Waals surface area contributed by atoms with Crippen molar-refractivity contribution < 1.29 is 0 Å². The van der Waals surface area contributed by atoms with Crippen LogP contribution in [0.2, 0.25) is 0 Å². The average molecular weight is 212 g/mol. The maximum atomic E-state index is 5.87. The molecule has 0 saturated carbocycles. The van der Waals surface area contributed by atoms with E-state index in [1.54, 1.807) is 0 Å². The summed E-state index contributed by atoms with van der Waals surface area (Å²) in [5.74, 6) is 0.551. The minimum atomic E-state index is 0.551. The van der Waals surface area contributed by atoms with Crippen LogP contribution in [-0.2, 0) is 6.54 Å². The highest BCUT2D eigenvalue weighted by Gasteiger charge is 2.09. The molecule has 3 aromatic rings. The van der Waals surface area contributed by atoms with Gasteiger partial charge in [0, 0.05) is 11.9 Å². The molecule has 0 amide bonds. The number of nitrogen functional groups attached to an aromatic ring is 1. The van der Waals surface area contributed by atoms with Crippen LogP contribution in [-0.4, -0.2) is 14.8 Å². The summed E-state index contributed by atoms with van der Waals surface area (Å²) in [5, 5.41) is 6.29. The first-order valence-electron chi connectivity index (χ1n) is 5.31. The zero-order chi connectivity index (χ0) is 11.1. The number of nitrogens with zero attached hydrogens (tertiary/aromatic N) is 3. The van der Waals surface area contributed by atoms with Crippen LogP contribution in [0.15, 0.2) is 30.3 Å². The van der Waals surface area contributed by atoms with Gasteiger partial charge in [-0.1, -0.05) is 18.2 Å². The Morgan fingerprint density at radius 3 is 2.94 bits per heavy atom. The van der Waals surface area contributed by atoms with E-state index in [-0.39, 0.29) is 0 Å². The number of hydrogen-bond acceptors (Lipinski definition) is 3. The average Bonchev–Trinajstić information content (AvgIpc) is 2.63. The van der Waals surface area contributed by atoms with Crippen molar-refractivity contribution in [3.63, 3.8) is 0 Å². The van der Waals surface area contributed by atoms with Crippen LogP contribution in [0.3, 0.4) is 0 Å². The quantitative estimate of drug-likeness (QED) is 0.672. The molecule has 0 bridgehead atoms. The first kappa shape index (κ1) is 9.15.